The number of morpholine rings is 1. The molecule has 2 atom stereocenters. The van der Waals surface area contributed by atoms with Gasteiger partial charge < -0.3 is 30.8 Å². The molecule has 0 bridgehead atoms. The number of nitrogens with two attached hydrogens (primary N) is 1. The summed E-state index contributed by atoms with van der Waals surface area (Å²) in [4.78, 5) is 16.4. The number of fused-ring (bicyclic) bond motifs is 1. The molecule has 5 N–H and O–H groups in total. The van der Waals surface area contributed by atoms with Crippen molar-refractivity contribution in [3.05, 3.63) is 75.9 Å². The smallest absolute Gasteiger partial charge is 0.408 e. The molecule has 3 aromatic rings. The number of anilines is 1. The van der Waals surface area contributed by atoms with E-state index >= 15 is 0 Å². The second-order valence-corrected chi connectivity index (χ2v) is 8.13. The Bertz CT molecular complexity index is 1280. The van der Waals surface area contributed by atoms with Crippen molar-refractivity contribution in [3.8, 4) is 0 Å². The summed E-state index contributed by atoms with van der Waals surface area (Å²) in [5.74, 6) is 0.116. The molecule has 0 radical (unpaired) electrons. The molecule has 32 heavy (non-hydrogen) atoms. The van der Waals surface area contributed by atoms with Gasteiger partial charge in [0, 0.05) is 31.0 Å². The van der Waals surface area contributed by atoms with Crippen LogP contribution in [0.5, 0.6) is 0 Å². The first kappa shape index (κ1) is 20.5. The van der Waals surface area contributed by atoms with Crippen LogP contribution in [-0.4, -0.2) is 30.3 Å². The van der Waals surface area contributed by atoms with Crippen molar-refractivity contribution in [2.24, 2.45) is 17.8 Å². The second-order valence-electron chi connectivity index (χ2n) is 8.13. The highest BCUT2D eigenvalue weighted by molar-refractivity contribution is 5.96. The van der Waals surface area contributed by atoms with E-state index in [4.69, 9.17) is 14.9 Å². The summed E-state index contributed by atoms with van der Waals surface area (Å²) >= 11 is 0. The van der Waals surface area contributed by atoms with Crippen molar-refractivity contribution in [3.63, 3.8) is 0 Å². The number of rotatable bonds is 3. The largest absolute Gasteiger partial charge is 0.419 e. The quantitative estimate of drug-likeness (QED) is 0.497. The molecule has 5 rings (SSSR count). The van der Waals surface area contributed by atoms with E-state index in [-0.39, 0.29) is 6.04 Å². The van der Waals surface area contributed by atoms with Gasteiger partial charge >= 0.3 is 5.76 Å². The lowest BCUT2D eigenvalue weighted by molar-refractivity contribution is 0.0771. The van der Waals surface area contributed by atoms with E-state index in [1.165, 1.54) is 4.57 Å². The molecule has 2 aliphatic heterocycles. The number of nitrogens with zero attached hydrogens (tertiary/aromatic N) is 2. The van der Waals surface area contributed by atoms with Gasteiger partial charge in [0.15, 0.2) is 5.58 Å². The minimum Gasteiger partial charge on any atom is -0.408 e. The number of guanidine groups is 1. The lowest BCUT2D eigenvalue weighted by Crippen LogP contribution is -2.57. The summed E-state index contributed by atoms with van der Waals surface area (Å²) in [5.41, 5.74) is 10.6. The molecule has 1 fully saturated rings. The van der Waals surface area contributed by atoms with Crippen LogP contribution in [0.1, 0.15) is 24.1 Å². The van der Waals surface area contributed by atoms with Crippen LogP contribution in [0.4, 0.5) is 5.69 Å². The van der Waals surface area contributed by atoms with E-state index in [9.17, 15) is 4.79 Å². The van der Waals surface area contributed by atoms with Gasteiger partial charge in [-0.1, -0.05) is 24.3 Å². The van der Waals surface area contributed by atoms with Crippen LogP contribution < -0.4 is 27.4 Å². The number of hydrogen-bond donors (Lipinski definition) is 4. The summed E-state index contributed by atoms with van der Waals surface area (Å²) in [6.07, 6.45) is 1.74. The molecule has 2 unspecified atom stereocenters. The Labute approximate surface area is 185 Å². The van der Waals surface area contributed by atoms with E-state index in [1.807, 2.05) is 37.3 Å². The van der Waals surface area contributed by atoms with Gasteiger partial charge in [0.2, 0.25) is 5.96 Å². The second kappa shape index (κ2) is 7.94. The molecule has 0 spiro atoms. The van der Waals surface area contributed by atoms with E-state index in [0.717, 1.165) is 28.9 Å². The van der Waals surface area contributed by atoms with Gasteiger partial charge in [-0.25, -0.2) is 9.79 Å². The third-order valence-corrected chi connectivity index (χ3v) is 6.08. The maximum Gasteiger partial charge on any atom is 0.419 e. The summed E-state index contributed by atoms with van der Waals surface area (Å²) in [6.45, 7) is 4.05. The fourth-order valence-electron chi connectivity index (χ4n) is 4.13. The van der Waals surface area contributed by atoms with Crippen molar-refractivity contribution in [2.45, 2.75) is 18.6 Å². The van der Waals surface area contributed by atoms with Crippen LogP contribution >= 0.6 is 0 Å². The first-order valence-corrected chi connectivity index (χ1v) is 10.5. The molecule has 0 amide bonds. The van der Waals surface area contributed by atoms with E-state index in [0.29, 0.717) is 30.3 Å². The number of nitrogens with one attached hydrogen (secondary N) is 3. The highest BCUT2D eigenvalue weighted by atomic mass is 16.5. The minimum atomic E-state index is -1.02. The van der Waals surface area contributed by atoms with Crippen molar-refractivity contribution in [1.82, 2.24) is 15.2 Å². The molecule has 2 aliphatic rings. The zero-order chi connectivity index (χ0) is 22.3. The molecule has 0 aliphatic carbocycles. The molecule has 1 saturated heterocycles. The highest BCUT2D eigenvalue weighted by Crippen LogP contribution is 2.30. The first-order chi connectivity index (χ1) is 15.5. The first-order valence-electron chi connectivity index (χ1n) is 10.5. The van der Waals surface area contributed by atoms with Crippen LogP contribution in [-0.2, 0) is 17.4 Å². The normalized spacial score (nSPS) is 23.4. The van der Waals surface area contributed by atoms with Crippen LogP contribution in [0.3, 0.4) is 0 Å². The number of aryl methyl sites for hydroxylation is 1. The Balaban J connectivity index is 1.44. The average Bonchev–Trinajstić information content (AvgIpc) is 3.10. The third-order valence-electron chi connectivity index (χ3n) is 6.08. The highest BCUT2D eigenvalue weighted by Gasteiger charge is 2.34. The number of para-hydroxylation sites is 1. The third kappa shape index (κ3) is 3.50. The SMILES string of the molecule is CC1=CN=C(Nc2ccccc2C2COCCN2)NC1(N)c1ccc2c(c1)oc(=O)n2C. The number of benzene rings is 2. The lowest BCUT2D eigenvalue weighted by Gasteiger charge is -2.36. The van der Waals surface area contributed by atoms with E-state index in [1.54, 1.807) is 19.3 Å². The van der Waals surface area contributed by atoms with Gasteiger partial charge in [0.25, 0.3) is 0 Å². The number of hydrogen-bond acceptors (Lipinski definition) is 8. The summed E-state index contributed by atoms with van der Waals surface area (Å²) < 4.78 is 12.5. The van der Waals surface area contributed by atoms with Crippen LogP contribution in [0.15, 0.2) is 68.4 Å². The number of ether oxygens (including phenoxy) is 1. The van der Waals surface area contributed by atoms with Crippen LogP contribution in [0, 0.1) is 0 Å². The van der Waals surface area contributed by atoms with E-state index < -0.39 is 11.4 Å². The van der Waals surface area contributed by atoms with Crippen LogP contribution in [0.25, 0.3) is 11.1 Å². The average molecular weight is 435 g/mol. The summed E-state index contributed by atoms with van der Waals surface area (Å²) in [6, 6.07) is 13.7. The number of aliphatic imine (C=N–C) groups is 1. The zero-order valence-corrected chi connectivity index (χ0v) is 18.0. The molecule has 166 valence electrons. The molecular formula is C23H26N6O3. The Morgan fingerprint density at radius 1 is 1.28 bits per heavy atom. The van der Waals surface area contributed by atoms with Crippen molar-refractivity contribution in [2.75, 3.05) is 25.1 Å². The maximum absolute atomic E-state index is 11.9. The topological polar surface area (TPSA) is 119 Å². The predicted molar refractivity (Wildman–Crippen MR) is 123 cm³/mol. The molecular weight excluding hydrogens is 408 g/mol. The Morgan fingerprint density at radius 3 is 2.94 bits per heavy atom. The van der Waals surface area contributed by atoms with E-state index in [2.05, 4.69) is 27.0 Å². The number of aromatic nitrogens is 1. The van der Waals surface area contributed by atoms with Gasteiger partial charge in [-0.3, -0.25) is 4.57 Å². The van der Waals surface area contributed by atoms with Gasteiger partial charge in [0.1, 0.15) is 5.66 Å². The van der Waals surface area contributed by atoms with Crippen molar-refractivity contribution in [1.29, 1.82) is 0 Å². The Hall–Kier alpha value is -3.40. The fraction of sp³-hybridized carbons (Fsp3) is 0.304. The van der Waals surface area contributed by atoms with Crippen molar-refractivity contribution < 1.29 is 9.15 Å². The monoisotopic (exact) mass is 434 g/mol. The summed E-state index contributed by atoms with van der Waals surface area (Å²) in [5, 5.41) is 10.2. The molecule has 1 aromatic heterocycles. The van der Waals surface area contributed by atoms with Gasteiger partial charge in [-0.2, -0.15) is 0 Å². The van der Waals surface area contributed by atoms with Crippen LogP contribution in [0.2, 0.25) is 0 Å². The Morgan fingerprint density at radius 2 is 2.12 bits per heavy atom. The molecule has 0 saturated carbocycles. The zero-order valence-electron chi connectivity index (χ0n) is 18.0. The van der Waals surface area contributed by atoms with Gasteiger partial charge in [0.05, 0.1) is 24.8 Å². The standard InChI is InChI=1S/C23H26N6O3/c1-14-12-26-21(27-17-6-4-3-5-16(17)18-13-31-10-9-25-18)28-23(14,24)15-7-8-19-20(11-15)32-22(30)29(19)2/h3-8,11-12,18,25H,9-10,13,24H2,1-2H3,(H2,26,27,28). The fourth-order valence-corrected chi connectivity index (χ4v) is 4.13. The van der Waals surface area contributed by atoms with Crippen molar-refractivity contribution >= 4 is 22.7 Å². The lowest BCUT2D eigenvalue weighted by atomic mass is 9.92. The van der Waals surface area contributed by atoms with Gasteiger partial charge in [-0.05, 0) is 36.3 Å². The van der Waals surface area contributed by atoms with Gasteiger partial charge in [-0.15, -0.1) is 0 Å². The predicted octanol–water partition coefficient (Wildman–Crippen LogP) is 1.88. The molecule has 9 nitrogen and oxygen atoms in total. The number of oxazole rings is 1. The Kier molecular flexibility index (Phi) is 5.09. The molecule has 2 aromatic carbocycles. The summed E-state index contributed by atoms with van der Waals surface area (Å²) in [7, 11) is 1.68. The minimum absolute atomic E-state index is 0.0972. The molecule has 9 heteroatoms. The maximum atomic E-state index is 11.9. The molecule has 3 heterocycles.